The summed E-state index contributed by atoms with van der Waals surface area (Å²) in [6, 6.07) is 0. The van der Waals surface area contributed by atoms with Crippen LogP contribution in [-0.2, 0) is 0 Å². The van der Waals surface area contributed by atoms with Crippen LogP contribution in [-0.4, -0.2) is 3700 Å². The van der Waals surface area contributed by atoms with E-state index in [0.717, 1.165) is 0 Å². The van der Waals surface area contributed by atoms with Crippen molar-refractivity contribution in [3.8, 4) is 0 Å². The summed E-state index contributed by atoms with van der Waals surface area (Å²) in [6.45, 7) is 0. The van der Waals surface area contributed by atoms with Crippen LogP contribution < -0.4 is 0 Å². The third-order valence-electron chi connectivity index (χ3n) is 0. The van der Waals surface area contributed by atoms with Crippen molar-refractivity contribution in [2.45, 2.75) is 0 Å². The number of rotatable bonds is 0. The molecule has 0 aliphatic heterocycles. The molecule has 0 unspecified atom stereocenters. The Labute approximate surface area is 3580 Å². The molecule has 0 saturated heterocycles. The second-order valence-electron chi connectivity index (χ2n) is 0. The predicted molar refractivity (Wildman–Crippen MR) is 586 cm³/mol. The second-order valence-corrected chi connectivity index (χ2v) is 0. The molecule has 0 nitrogen and oxygen atoms in total. The standard InChI is InChI=1S/98Ca.3ClH/h;;;;;;;;;;;;;;;;;;;;;;;;;;;;;;;;;;;;;;;;;;;;;;;;;;;;;;;;;;;;;;;;;;;;;;;;;;;;;;;;;;;;;;;;;;;;;;;;;;3*1H/q98*+2;;;. The number of halogens is 3. The fourth-order valence-electron chi connectivity index (χ4n) is 0. The van der Waals surface area contributed by atoms with E-state index < -0.39 is 0 Å². The average molecular weight is 4040 g/mol. The van der Waals surface area contributed by atoms with Gasteiger partial charge in [-0.3, -0.25) is 0 Å². The van der Waals surface area contributed by atoms with Gasteiger partial charge in [-0.1, -0.05) is 0 Å². The third-order valence-corrected chi connectivity index (χ3v) is 0. The monoisotopic (exact) mass is 4020 g/mol. The van der Waals surface area contributed by atoms with Gasteiger partial charge in [-0.2, -0.15) is 0 Å². The van der Waals surface area contributed by atoms with E-state index in [2.05, 4.69) is 0 Å². The Balaban J connectivity index is 0. The molecular formula is H3Ca98Cl3+196. The van der Waals surface area contributed by atoms with Gasteiger partial charge in [0.05, 0.1) is 0 Å². The van der Waals surface area contributed by atoms with Gasteiger partial charge in [0.25, 0.3) is 0 Å². The molecule has 0 aliphatic carbocycles. The van der Waals surface area contributed by atoms with Crippen molar-refractivity contribution in [3.05, 3.63) is 0 Å². The van der Waals surface area contributed by atoms with Crippen molar-refractivity contribution in [2.75, 3.05) is 0 Å². The Morgan fingerprint density at radius 3 is 0.0198 bits per heavy atom. The van der Waals surface area contributed by atoms with Crippen LogP contribution >= 0.6 is 37.2 Å². The van der Waals surface area contributed by atoms with E-state index >= 15 is 0 Å². The molecule has 0 aromatic heterocycles. The number of hydrogen-bond acceptors (Lipinski definition) is 0. The van der Waals surface area contributed by atoms with Crippen LogP contribution in [0.5, 0.6) is 0 Å². The van der Waals surface area contributed by atoms with Crippen molar-refractivity contribution >= 4 is 3740 Å². The van der Waals surface area contributed by atoms with Crippen LogP contribution in [0.1, 0.15) is 0 Å². The van der Waals surface area contributed by atoms with E-state index in [1.54, 1.807) is 0 Å². The van der Waals surface area contributed by atoms with Gasteiger partial charge >= 0.3 is 3700 Å². The van der Waals surface area contributed by atoms with Crippen molar-refractivity contribution < 1.29 is 0 Å². The minimum Gasteiger partial charge on any atom is -0.147 e. The van der Waals surface area contributed by atoms with Crippen LogP contribution in [0.25, 0.3) is 0 Å². The number of hydrogen-bond donors (Lipinski definition) is 0. The maximum Gasteiger partial charge on any atom is 2.00 e. The summed E-state index contributed by atoms with van der Waals surface area (Å²) < 4.78 is 0. The molecule has 0 heterocycles. The van der Waals surface area contributed by atoms with Crippen LogP contribution in [0.15, 0.2) is 0 Å². The maximum absolute atomic E-state index is 0. The molecule has 0 aliphatic rings. The fraction of sp³-hybridized carbons (Fsp3) is 0. The molecule has 0 fully saturated rings. The summed E-state index contributed by atoms with van der Waals surface area (Å²) in [5.41, 5.74) is 0. The van der Waals surface area contributed by atoms with Crippen LogP contribution in [0.4, 0.5) is 0 Å². The van der Waals surface area contributed by atoms with Crippen LogP contribution in [0, 0.1) is 0 Å². The van der Waals surface area contributed by atoms with Crippen molar-refractivity contribution in [1.29, 1.82) is 0 Å². The molecule has 24 valence electrons. The molecule has 101 heteroatoms. The Morgan fingerprint density at radius 2 is 0.0198 bits per heavy atom. The van der Waals surface area contributed by atoms with Gasteiger partial charge < -0.3 is 0 Å². The third kappa shape index (κ3) is 717. The van der Waals surface area contributed by atoms with Gasteiger partial charge in [0.15, 0.2) is 0 Å². The fourth-order valence-corrected chi connectivity index (χ4v) is 0. The minimum atomic E-state index is 0. The summed E-state index contributed by atoms with van der Waals surface area (Å²) in [4.78, 5) is 0. The molecule has 101 heavy (non-hydrogen) atoms. The van der Waals surface area contributed by atoms with E-state index in [-0.39, 0.29) is 3740 Å². The minimum absolute atomic E-state index is 0. The molecule has 0 amide bonds. The van der Waals surface area contributed by atoms with E-state index in [4.69, 9.17) is 0 Å². The van der Waals surface area contributed by atoms with E-state index in [9.17, 15) is 0 Å². The molecule has 0 aromatic rings. The maximum atomic E-state index is 0. The SMILES string of the molecule is Cl.Cl.Cl.[Ca+2].[Ca+2].[Ca+2].[Ca+2].[Ca+2].[Ca+2].[Ca+2].[Ca+2].[Ca+2].[Ca+2].[Ca+2].[Ca+2].[Ca+2].[Ca+2].[Ca+2].[Ca+2].[Ca+2].[Ca+2].[Ca+2].[Ca+2].[Ca+2].[Ca+2].[Ca+2].[Ca+2].[Ca+2].[Ca+2].[Ca+2].[Ca+2].[Ca+2].[Ca+2].[Ca+2].[Ca+2].[Ca+2].[Ca+2].[Ca+2].[Ca+2].[Ca+2].[Ca+2].[Ca+2].[Ca+2].[Ca+2].[Ca+2].[Ca+2].[Ca+2].[Ca+2].[Ca+2].[Ca+2].[Ca+2].[Ca+2].[Ca+2].[Ca+2].[Ca+2].[Ca+2].[Ca+2].[Ca+2].[Ca+2].[Ca+2].[Ca+2].[Ca+2].[Ca+2].[Ca+2].[Ca+2].[Ca+2].[Ca+2].[Ca+2].[Ca+2].[Ca+2].[Ca+2].[Ca+2].[Ca+2].[Ca+2].[Ca+2].[Ca+2].[Ca+2].[Ca+2].[Ca+2].[Ca+2].[Ca+2].[Ca+2].[Ca+2].[Ca+2].[Ca+2].[Ca+2].[Ca+2].[Ca+2].[Ca+2].[Ca+2].[Ca+2].[Ca+2].[Ca+2].[Ca+2].[Ca+2].[Ca+2].[Ca+2].[Ca+2].[Ca+2].[Ca+2].[Ca+2]. The zero-order valence-corrected chi connectivity index (χ0v) is 289. The zero-order chi connectivity index (χ0) is 0. The molecular weight excluding hydrogens is 4030 g/mol. The summed E-state index contributed by atoms with van der Waals surface area (Å²) in [7, 11) is 0. The van der Waals surface area contributed by atoms with Gasteiger partial charge in [0.1, 0.15) is 0 Å². The normalized spacial score (nSPS) is 0. The van der Waals surface area contributed by atoms with Crippen molar-refractivity contribution in [3.63, 3.8) is 0 Å². The van der Waals surface area contributed by atoms with E-state index in [1.165, 1.54) is 0 Å². The Kier molecular flexibility index (Phi) is 5260. The Morgan fingerprint density at radius 1 is 0.0198 bits per heavy atom. The van der Waals surface area contributed by atoms with Crippen molar-refractivity contribution in [2.24, 2.45) is 0 Å². The molecule has 0 atom stereocenters. The summed E-state index contributed by atoms with van der Waals surface area (Å²) >= 11 is 0. The topological polar surface area (TPSA) is 0 Å². The van der Waals surface area contributed by atoms with Crippen LogP contribution in [0.2, 0.25) is 0 Å². The molecule has 0 rings (SSSR count). The Hall–Kier alpha value is 124. The second kappa shape index (κ2) is 724. The first kappa shape index (κ1) is 734. The molecule has 0 radical (unpaired) electrons. The summed E-state index contributed by atoms with van der Waals surface area (Å²) in [5, 5.41) is 0. The zero-order valence-electron chi connectivity index (χ0n) is 70.5. The first-order chi connectivity index (χ1) is 0. The van der Waals surface area contributed by atoms with E-state index in [0.29, 0.717) is 0 Å². The molecule has 0 bridgehead atoms. The van der Waals surface area contributed by atoms with Gasteiger partial charge in [0.2, 0.25) is 0 Å². The van der Waals surface area contributed by atoms with Gasteiger partial charge in [-0.15, -0.1) is 37.2 Å². The largest absolute Gasteiger partial charge is 2.00 e. The van der Waals surface area contributed by atoms with Gasteiger partial charge in [0, 0.05) is 0 Å². The first-order valence-corrected chi connectivity index (χ1v) is 0. The molecule has 0 spiro atoms. The van der Waals surface area contributed by atoms with Crippen LogP contribution in [0.3, 0.4) is 0 Å². The summed E-state index contributed by atoms with van der Waals surface area (Å²) in [5.74, 6) is 0. The molecule has 0 saturated carbocycles. The van der Waals surface area contributed by atoms with Gasteiger partial charge in [-0.05, 0) is 0 Å². The quantitative estimate of drug-likeness (QED) is 0.212. The average Bonchev–Trinajstić information content (AvgIpc) is 0. The summed E-state index contributed by atoms with van der Waals surface area (Å²) in [6.07, 6.45) is 0. The predicted octanol–water partition coefficient (Wildman–Crippen LogP) is -36.1. The van der Waals surface area contributed by atoms with E-state index in [1.807, 2.05) is 0 Å². The first-order valence-electron chi connectivity index (χ1n) is 0. The van der Waals surface area contributed by atoms with Gasteiger partial charge in [-0.25, -0.2) is 0 Å². The molecule has 0 aromatic carbocycles. The Bertz CT molecular complexity index is 19.5. The smallest absolute Gasteiger partial charge is 0.147 e. The molecule has 0 N–H and O–H groups in total. The van der Waals surface area contributed by atoms with Crippen molar-refractivity contribution in [1.82, 2.24) is 0 Å².